The normalized spacial score (nSPS) is 10.2. The standard InChI is InChI=1S/C20H17NO3/c1-22-19-8-4-7-17(14-21)20(19)24-12-11-23-18-10-9-15-5-2-3-6-16(15)13-18/h2-10,13H,11-12H2,1H3. The molecule has 0 atom stereocenters. The van der Waals surface area contributed by atoms with Crippen molar-refractivity contribution in [1.29, 1.82) is 5.26 Å². The average Bonchev–Trinajstić information content (AvgIpc) is 2.64. The molecule has 0 amide bonds. The van der Waals surface area contributed by atoms with Gasteiger partial charge in [0.25, 0.3) is 0 Å². The maximum absolute atomic E-state index is 9.16. The van der Waals surface area contributed by atoms with Crippen molar-refractivity contribution >= 4 is 10.8 Å². The van der Waals surface area contributed by atoms with Crippen molar-refractivity contribution in [3.63, 3.8) is 0 Å². The third-order valence-corrected chi connectivity index (χ3v) is 3.64. The smallest absolute Gasteiger partial charge is 0.179 e. The fourth-order valence-electron chi connectivity index (χ4n) is 2.47. The van der Waals surface area contributed by atoms with Crippen LogP contribution in [0.15, 0.2) is 60.7 Å². The highest BCUT2D eigenvalue weighted by atomic mass is 16.5. The van der Waals surface area contributed by atoms with Gasteiger partial charge in [0.1, 0.15) is 25.0 Å². The van der Waals surface area contributed by atoms with Gasteiger partial charge in [-0.1, -0.05) is 36.4 Å². The maximum Gasteiger partial charge on any atom is 0.179 e. The van der Waals surface area contributed by atoms with Crippen molar-refractivity contribution in [1.82, 2.24) is 0 Å². The van der Waals surface area contributed by atoms with Crippen LogP contribution in [0, 0.1) is 11.3 Å². The van der Waals surface area contributed by atoms with E-state index in [4.69, 9.17) is 19.5 Å². The van der Waals surface area contributed by atoms with Gasteiger partial charge in [-0.15, -0.1) is 0 Å². The number of nitriles is 1. The summed E-state index contributed by atoms with van der Waals surface area (Å²) in [5, 5.41) is 11.5. The molecule has 0 bridgehead atoms. The van der Waals surface area contributed by atoms with Crippen LogP contribution in [0.3, 0.4) is 0 Å². The first-order valence-corrected chi connectivity index (χ1v) is 7.63. The monoisotopic (exact) mass is 319 g/mol. The molecule has 0 aromatic heterocycles. The third kappa shape index (κ3) is 3.41. The van der Waals surface area contributed by atoms with Gasteiger partial charge in [0.05, 0.1) is 12.7 Å². The van der Waals surface area contributed by atoms with E-state index < -0.39 is 0 Å². The van der Waals surface area contributed by atoms with Crippen LogP contribution in [0.5, 0.6) is 17.2 Å². The second-order valence-electron chi connectivity index (χ2n) is 5.15. The summed E-state index contributed by atoms with van der Waals surface area (Å²) in [6, 6.07) is 21.4. The zero-order chi connectivity index (χ0) is 16.8. The molecule has 0 heterocycles. The van der Waals surface area contributed by atoms with Gasteiger partial charge in [0, 0.05) is 0 Å². The molecule has 3 rings (SSSR count). The van der Waals surface area contributed by atoms with Crippen LogP contribution in [0.4, 0.5) is 0 Å². The van der Waals surface area contributed by atoms with Crippen LogP contribution < -0.4 is 14.2 Å². The summed E-state index contributed by atoms with van der Waals surface area (Å²) in [7, 11) is 1.55. The lowest BCUT2D eigenvalue weighted by Crippen LogP contribution is -2.10. The molecule has 4 heteroatoms. The highest BCUT2D eigenvalue weighted by Crippen LogP contribution is 2.30. The summed E-state index contributed by atoms with van der Waals surface area (Å²) >= 11 is 0. The Bertz CT molecular complexity index is 883. The summed E-state index contributed by atoms with van der Waals surface area (Å²) in [4.78, 5) is 0. The number of benzene rings is 3. The van der Waals surface area contributed by atoms with E-state index in [-0.39, 0.29) is 0 Å². The summed E-state index contributed by atoms with van der Waals surface area (Å²) in [6.45, 7) is 0.698. The molecule has 0 radical (unpaired) electrons. The lowest BCUT2D eigenvalue weighted by atomic mass is 10.1. The molecular weight excluding hydrogens is 302 g/mol. The SMILES string of the molecule is COc1cccc(C#N)c1OCCOc1ccc2ccccc2c1. The van der Waals surface area contributed by atoms with Gasteiger partial charge in [-0.05, 0) is 35.0 Å². The Hall–Kier alpha value is -3.19. The highest BCUT2D eigenvalue weighted by Gasteiger charge is 2.10. The quantitative estimate of drug-likeness (QED) is 0.640. The topological polar surface area (TPSA) is 51.5 Å². The van der Waals surface area contributed by atoms with Gasteiger partial charge in [-0.25, -0.2) is 0 Å². The predicted molar refractivity (Wildman–Crippen MR) is 92.6 cm³/mol. The third-order valence-electron chi connectivity index (χ3n) is 3.64. The molecule has 0 fully saturated rings. The highest BCUT2D eigenvalue weighted by molar-refractivity contribution is 5.83. The maximum atomic E-state index is 9.16. The molecule has 120 valence electrons. The molecular formula is C20H17NO3. The molecule has 24 heavy (non-hydrogen) atoms. The Balaban J connectivity index is 1.62. The lowest BCUT2D eigenvalue weighted by molar-refractivity contribution is 0.211. The molecule has 0 unspecified atom stereocenters. The molecule has 0 aliphatic heterocycles. The fourth-order valence-corrected chi connectivity index (χ4v) is 2.47. The zero-order valence-electron chi connectivity index (χ0n) is 13.4. The van der Waals surface area contributed by atoms with Crippen LogP contribution in [-0.4, -0.2) is 20.3 Å². The first-order chi connectivity index (χ1) is 11.8. The van der Waals surface area contributed by atoms with E-state index in [0.29, 0.717) is 30.3 Å². The first kappa shape index (κ1) is 15.7. The van der Waals surface area contributed by atoms with Gasteiger partial charge < -0.3 is 14.2 Å². The summed E-state index contributed by atoms with van der Waals surface area (Å²) in [5.41, 5.74) is 0.444. The number of ether oxygens (including phenoxy) is 3. The van der Waals surface area contributed by atoms with Gasteiger partial charge in [-0.2, -0.15) is 5.26 Å². The molecule has 3 aromatic rings. The molecule has 3 aromatic carbocycles. The molecule has 0 N–H and O–H groups in total. The Labute approximate surface area is 140 Å². The van der Waals surface area contributed by atoms with E-state index >= 15 is 0 Å². The summed E-state index contributed by atoms with van der Waals surface area (Å²) < 4.78 is 16.7. The minimum absolute atomic E-state index is 0.321. The number of para-hydroxylation sites is 1. The van der Waals surface area contributed by atoms with Crippen molar-refractivity contribution in [2.45, 2.75) is 0 Å². The van der Waals surface area contributed by atoms with E-state index in [1.807, 2.05) is 36.4 Å². The van der Waals surface area contributed by atoms with E-state index in [0.717, 1.165) is 11.1 Å². The second-order valence-corrected chi connectivity index (χ2v) is 5.15. The summed E-state index contributed by atoms with van der Waals surface area (Å²) in [5.74, 6) is 1.78. The van der Waals surface area contributed by atoms with Crippen LogP contribution in [0.1, 0.15) is 5.56 Å². The molecule has 0 saturated heterocycles. The van der Waals surface area contributed by atoms with E-state index in [1.165, 1.54) is 5.39 Å². The Morgan fingerprint density at radius 3 is 2.46 bits per heavy atom. The second kappa shape index (κ2) is 7.38. The summed E-state index contributed by atoms with van der Waals surface area (Å²) in [6.07, 6.45) is 0. The van der Waals surface area contributed by atoms with E-state index in [2.05, 4.69) is 12.1 Å². The van der Waals surface area contributed by atoms with Crippen molar-refractivity contribution in [2.24, 2.45) is 0 Å². The Morgan fingerprint density at radius 1 is 0.875 bits per heavy atom. The van der Waals surface area contributed by atoms with Crippen molar-refractivity contribution in [3.8, 4) is 23.3 Å². The number of rotatable bonds is 6. The van der Waals surface area contributed by atoms with Crippen molar-refractivity contribution in [3.05, 3.63) is 66.2 Å². The van der Waals surface area contributed by atoms with Crippen LogP contribution >= 0.6 is 0 Å². The number of fused-ring (bicyclic) bond motifs is 1. The molecule has 0 aliphatic carbocycles. The van der Waals surface area contributed by atoms with Gasteiger partial charge >= 0.3 is 0 Å². The van der Waals surface area contributed by atoms with Crippen molar-refractivity contribution < 1.29 is 14.2 Å². The number of hydrogen-bond acceptors (Lipinski definition) is 4. The number of methoxy groups -OCH3 is 1. The van der Waals surface area contributed by atoms with E-state index in [9.17, 15) is 0 Å². The van der Waals surface area contributed by atoms with Gasteiger partial charge in [0.2, 0.25) is 0 Å². The van der Waals surface area contributed by atoms with Crippen molar-refractivity contribution in [2.75, 3.05) is 20.3 Å². The minimum atomic E-state index is 0.321. The minimum Gasteiger partial charge on any atom is -0.493 e. The van der Waals surface area contributed by atoms with Crippen LogP contribution in [0.2, 0.25) is 0 Å². The fraction of sp³-hybridized carbons (Fsp3) is 0.150. The van der Waals surface area contributed by atoms with Crippen LogP contribution in [-0.2, 0) is 0 Å². The Kier molecular flexibility index (Phi) is 4.83. The lowest BCUT2D eigenvalue weighted by Gasteiger charge is -2.12. The Morgan fingerprint density at radius 2 is 1.67 bits per heavy atom. The van der Waals surface area contributed by atoms with E-state index in [1.54, 1.807) is 25.3 Å². The van der Waals surface area contributed by atoms with Gasteiger partial charge in [0.15, 0.2) is 11.5 Å². The van der Waals surface area contributed by atoms with Gasteiger partial charge in [-0.3, -0.25) is 0 Å². The zero-order valence-corrected chi connectivity index (χ0v) is 13.4. The van der Waals surface area contributed by atoms with Crippen LogP contribution in [0.25, 0.3) is 10.8 Å². The molecule has 0 aliphatic rings. The number of hydrogen-bond donors (Lipinski definition) is 0. The molecule has 0 saturated carbocycles. The average molecular weight is 319 g/mol. The molecule has 0 spiro atoms. The predicted octanol–water partition coefficient (Wildman–Crippen LogP) is 4.18. The largest absolute Gasteiger partial charge is 0.493 e. The first-order valence-electron chi connectivity index (χ1n) is 7.63. The molecule has 4 nitrogen and oxygen atoms in total. The number of nitrogens with zero attached hydrogens (tertiary/aromatic N) is 1.